The Morgan fingerprint density at radius 1 is 1.58 bits per heavy atom. The van der Waals surface area contributed by atoms with Crippen LogP contribution in [0.4, 0.5) is 0 Å². The molecule has 5 nitrogen and oxygen atoms in total. The van der Waals surface area contributed by atoms with E-state index in [1.54, 1.807) is 0 Å². The fourth-order valence-electron chi connectivity index (χ4n) is 1.54. The Morgan fingerprint density at radius 2 is 2.32 bits per heavy atom. The van der Waals surface area contributed by atoms with Crippen LogP contribution in [0.5, 0.6) is 0 Å². The largest absolute Gasteiger partial charge is 0.266 e. The van der Waals surface area contributed by atoms with Gasteiger partial charge < -0.3 is 0 Å². The number of hydrogen-bond donors (Lipinski definition) is 1. The van der Waals surface area contributed by atoms with E-state index in [1.807, 2.05) is 11.4 Å². The van der Waals surface area contributed by atoms with Crippen LogP contribution in [0.25, 0.3) is 0 Å². The summed E-state index contributed by atoms with van der Waals surface area (Å²) < 4.78 is 27.0. The fraction of sp³-hybridized carbons (Fsp3) is 0.300. The van der Waals surface area contributed by atoms with Crippen molar-refractivity contribution >= 4 is 48.9 Å². The van der Waals surface area contributed by atoms with Gasteiger partial charge in [-0.2, -0.15) is 9.40 Å². The summed E-state index contributed by atoms with van der Waals surface area (Å²) in [5.74, 6) is 0.100. The second kappa shape index (κ2) is 5.92. The van der Waals surface area contributed by atoms with Crippen molar-refractivity contribution in [2.75, 3.05) is 7.05 Å². The van der Waals surface area contributed by atoms with Gasteiger partial charge in [0.15, 0.2) is 5.03 Å². The van der Waals surface area contributed by atoms with E-state index < -0.39 is 10.0 Å². The lowest BCUT2D eigenvalue weighted by Crippen LogP contribution is -2.27. The molecule has 2 aromatic rings. The van der Waals surface area contributed by atoms with Crippen LogP contribution >= 0.6 is 38.9 Å². The molecule has 2 aromatic heterocycles. The molecule has 0 saturated heterocycles. The molecule has 0 unspecified atom stereocenters. The Kier molecular flexibility index (Phi) is 4.67. The highest BCUT2D eigenvalue weighted by atomic mass is 79.9. The van der Waals surface area contributed by atoms with Gasteiger partial charge in [-0.1, -0.05) is 0 Å². The number of H-pyrrole nitrogens is 1. The van der Waals surface area contributed by atoms with Crippen LogP contribution in [0, 0.1) is 0 Å². The molecule has 9 heteroatoms. The average Bonchev–Trinajstić information content (AvgIpc) is 2.97. The highest BCUT2D eigenvalue weighted by Gasteiger charge is 2.25. The van der Waals surface area contributed by atoms with Crippen LogP contribution in [-0.4, -0.2) is 30.0 Å². The zero-order chi connectivity index (χ0) is 14.0. The minimum Gasteiger partial charge on any atom is -0.266 e. The number of alkyl halides is 1. The lowest BCUT2D eigenvalue weighted by atomic mass is 10.3. The predicted octanol–water partition coefficient (Wildman–Crippen LogP) is 2.79. The van der Waals surface area contributed by atoms with Crippen LogP contribution < -0.4 is 0 Å². The van der Waals surface area contributed by atoms with E-state index in [9.17, 15) is 8.42 Å². The summed E-state index contributed by atoms with van der Waals surface area (Å²) in [6.45, 7) is 0.297. The number of nitrogens with one attached hydrogen (secondary N) is 1. The van der Waals surface area contributed by atoms with E-state index in [-0.39, 0.29) is 10.9 Å². The van der Waals surface area contributed by atoms with Gasteiger partial charge >= 0.3 is 0 Å². The molecule has 0 aliphatic carbocycles. The molecule has 0 atom stereocenters. The number of hydrogen-bond acceptors (Lipinski definition) is 4. The summed E-state index contributed by atoms with van der Waals surface area (Å²) in [6.07, 6.45) is 1.43. The van der Waals surface area contributed by atoms with E-state index >= 15 is 0 Å². The van der Waals surface area contributed by atoms with Crippen LogP contribution in [0.2, 0.25) is 0 Å². The Balaban J connectivity index is 2.24. The Bertz CT molecular complexity index is 668. The highest BCUT2D eigenvalue weighted by molar-refractivity contribution is 9.11. The molecule has 2 heterocycles. The topological polar surface area (TPSA) is 66.1 Å². The normalized spacial score (nSPS) is 12.2. The first-order valence-corrected chi connectivity index (χ1v) is 8.87. The van der Waals surface area contributed by atoms with Gasteiger partial charge in [-0.25, -0.2) is 8.42 Å². The SMILES string of the molecule is CN(Cc1csc(Br)c1)S(=O)(=O)c1[nH]ncc1CCl. The van der Waals surface area contributed by atoms with E-state index in [1.165, 1.54) is 28.9 Å². The maximum atomic E-state index is 12.4. The van der Waals surface area contributed by atoms with Gasteiger partial charge in [0.2, 0.25) is 0 Å². The molecule has 0 amide bonds. The zero-order valence-electron chi connectivity index (χ0n) is 9.93. The smallest absolute Gasteiger partial charge is 0.260 e. The van der Waals surface area contributed by atoms with Crippen LogP contribution in [0.15, 0.2) is 26.5 Å². The summed E-state index contributed by atoms with van der Waals surface area (Å²) in [5, 5.41) is 8.19. The molecule has 19 heavy (non-hydrogen) atoms. The monoisotopic (exact) mass is 383 g/mol. The Labute approximate surface area is 128 Å². The maximum absolute atomic E-state index is 12.4. The van der Waals surface area contributed by atoms with Gasteiger partial charge in [-0.15, -0.1) is 22.9 Å². The van der Waals surface area contributed by atoms with Gasteiger partial charge in [0.05, 0.1) is 15.9 Å². The Morgan fingerprint density at radius 3 is 2.89 bits per heavy atom. The molecule has 1 N–H and O–H groups in total. The first-order chi connectivity index (χ1) is 8.95. The molecule has 104 valence electrons. The van der Waals surface area contributed by atoms with Crippen molar-refractivity contribution in [3.05, 3.63) is 32.6 Å². The molecule has 0 aliphatic heterocycles. The number of aromatic nitrogens is 2. The number of rotatable bonds is 5. The van der Waals surface area contributed by atoms with Gasteiger partial charge in [-0.05, 0) is 32.9 Å². The third-order valence-electron chi connectivity index (χ3n) is 2.52. The molecule has 2 rings (SSSR count). The summed E-state index contributed by atoms with van der Waals surface area (Å²) in [5.41, 5.74) is 1.40. The van der Waals surface area contributed by atoms with E-state index in [2.05, 4.69) is 26.1 Å². The molecule has 0 saturated carbocycles. The second-order valence-corrected chi connectivity index (χ2v) is 8.42. The summed E-state index contributed by atoms with van der Waals surface area (Å²) in [6, 6.07) is 1.89. The fourth-order valence-corrected chi connectivity index (χ4v) is 4.28. The van der Waals surface area contributed by atoms with Crippen molar-refractivity contribution in [1.82, 2.24) is 14.5 Å². The molecule has 0 fully saturated rings. The van der Waals surface area contributed by atoms with Crippen molar-refractivity contribution in [3.8, 4) is 0 Å². The second-order valence-electron chi connectivity index (χ2n) is 3.88. The molecule has 0 spiro atoms. The third-order valence-corrected chi connectivity index (χ3v) is 6.18. The molecule has 0 bridgehead atoms. The Hall–Kier alpha value is -0.410. The van der Waals surface area contributed by atoms with E-state index in [4.69, 9.17) is 11.6 Å². The standard InChI is InChI=1S/C10H11BrClN3O2S2/c1-15(5-7-2-9(11)18-6-7)19(16,17)10-8(3-12)4-13-14-10/h2,4,6H,3,5H2,1H3,(H,13,14). The third kappa shape index (κ3) is 3.19. The quantitative estimate of drug-likeness (QED) is 0.806. The van der Waals surface area contributed by atoms with Gasteiger partial charge in [0.25, 0.3) is 10.0 Å². The number of nitrogens with zero attached hydrogens (tertiary/aromatic N) is 2. The highest BCUT2D eigenvalue weighted by Crippen LogP contribution is 2.24. The first kappa shape index (κ1) is 15.0. The summed E-state index contributed by atoms with van der Waals surface area (Å²) in [7, 11) is -2.08. The minimum absolute atomic E-state index is 0.0549. The predicted molar refractivity (Wildman–Crippen MR) is 78.8 cm³/mol. The summed E-state index contributed by atoms with van der Waals surface area (Å²) >= 11 is 10.6. The van der Waals surface area contributed by atoms with Crippen molar-refractivity contribution in [1.29, 1.82) is 0 Å². The molecule has 0 aliphatic rings. The number of halogens is 2. The van der Waals surface area contributed by atoms with Crippen LogP contribution in [0.3, 0.4) is 0 Å². The molecule has 0 radical (unpaired) electrons. The van der Waals surface area contributed by atoms with Crippen LogP contribution in [-0.2, 0) is 22.4 Å². The van der Waals surface area contributed by atoms with Crippen molar-refractivity contribution in [2.45, 2.75) is 17.5 Å². The van der Waals surface area contributed by atoms with Crippen molar-refractivity contribution in [3.63, 3.8) is 0 Å². The van der Waals surface area contributed by atoms with Gasteiger partial charge in [0.1, 0.15) is 0 Å². The first-order valence-electron chi connectivity index (χ1n) is 5.22. The maximum Gasteiger partial charge on any atom is 0.260 e. The van der Waals surface area contributed by atoms with Crippen molar-refractivity contribution in [2.24, 2.45) is 0 Å². The lowest BCUT2D eigenvalue weighted by molar-refractivity contribution is 0.463. The average molecular weight is 385 g/mol. The molecular weight excluding hydrogens is 374 g/mol. The lowest BCUT2D eigenvalue weighted by Gasteiger charge is -2.15. The van der Waals surface area contributed by atoms with Gasteiger partial charge in [-0.3, -0.25) is 5.10 Å². The van der Waals surface area contributed by atoms with E-state index in [0.717, 1.165) is 9.35 Å². The number of aromatic amines is 1. The van der Waals surface area contributed by atoms with Gasteiger partial charge in [0, 0.05) is 19.2 Å². The number of sulfonamides is 1. The molecular formula is C10H11BrClN3O2S2. The van der Waals surface area contributed by atoms with Crippen LogP contribution in [0.1, 0.15) is 11.1 Å². The summed E-state index contributed by atoms with van der Waals surface area (Å²) in [4.78, 5) is 0. The van der Waals surface area contributed by atoms with Crippen molar-refractivity contribution < 1.29 is 8.42 Å². The number of thiophene rings is 1. The minimum atomic E-state index is -3.61. The van der Waals surface area contributed by atoms with E-state index in [0.29, 0.717) is 12.1 Å². The molecule has 0 aromatic carbocycles. The zero-order valence-corrected chi connectivity index (χ0v) is 13.9.